The van der Waals surface area contributed by atoms with Crippen LogP contribution in [0.1, 0.15) is 17.9 Å². The van der Waals surface area contributed by atoms with Gasteiger partial charge in [-0.25, -0.2) is 0 Å². The van der Waals surface area contributed by atoms with Gasteiger partial charge in [-0.05, 0) is 30.2 Å². The smallest absolute Gasteiger partial charge is 0.314 e. The molecular weight excluding hydrogens is 244 g/mol. The molecule has 3 atom stereocenters. The van der Waals surface area contributed by atoms with E-state index in [2.05, 4.69) is 0 Å². The summed E-state index contributed by atoms with van der Waals surface area (Å²) in [5.74, 6) is 1.25. The van der Waals surface area contributed by atoms with Gasteiger partial charge in [-0.15, -0.1) is 0 Å². The number of carbonyl (C=O) groups is 1. The number of rotatable bonds is 3. The molecule has 0 spiro atoms. The van der Waals surface area contributed by atoms with E-state index in [1.54, 1.807) is 14.2 Å². The number of benzene rings is 1. The van der Waals surface area contributed by atoms with Crippen LogP contribution < -0.4 is 9.47 Å². The van der Waals surface area contributed by atoms with E-state index in [9.17, 15) is 4.79 Å². The third-order valence-electron chi connectivity index (χ3n) is 3.83. The molecule has 2 unspecified atom stereocenters. The second-order valence-corrected chi connectivity index (χ2v) is 4.84. The van der Waals surface area contributed by atoms with Gasteiger partial charge in [0.25, 0.3) is 0 Å². The zero-order valence-corrected chi connectivity index (χ0v) is 11.0. The molecule has 0 aromatic heterocycles. The van der Waals surface area contributed by atoms with Crippen LogP contribution in [-0.2, 0) is 9.53 Å². The molecule has 1 saturated heterocycles. The van der Waals surface area contributed by atoms with E-state index in [1.807, 2.05) is 30.4 Å². The van der Waals surface area contributed by atoms with E-state index in [-0.39, 0.29) is 23.9 Å². The SMILES string of the molecule is COc1ccc(C2C[C@H]3C=CC2C(=O)O3)cc1OC. The lowest BCUT2D eigenvalue weighted by atomic mass is 9.76. The van der Waals surface area contributed by atoms with Crippen molar-refractivity contribution in [3.05, 3.63) is 35.9 Å². The molecule has 2 heterocycles. The van der Waals surface area contributed by atoms with Crippen LogP contribution in [0, 0.1) is 5.92 Å². The van der Waals surface area contributed by atoms with E-state index in [1.165, 1.54) is 0 Å². The van der Waals surface area contributed by atoms with Crippen molar-refractivity contribution in [2.24, 2.45) is 5.92 Å². The molecule has 0 amide bonds. The minimum Gasteiger partial charge on any atom is -0.493 e. The normalized spacial score (nSPS) is 28.1. The topological polar surface area (TPSA) is 44.8 Å². The average Bonchev–Trinajstić information content (AvgIpc) is 2.46. The Hall–Kier alpha value is -1.97. The number of hydrogen-bond donors (Lipinski definition) is 0. The molecule has 19 heavy (non-hydrogen) atoms. The molecule has 2 aliphatic heterocycles. The van der Waals surface area contributed by atoms with Gasteiger partial charge in [0.15, 0.2) is 11.5 Å². The van der Waals surface area contributed by atoms with Crippen molar-refractivity contribution in [1.29, 1.82) is 0 Å². The first-order valence-corrected chi connectivity index (χ1v) is 6.33. The Morgan fingerprint density at radius 2 is 1.95 bits per heavy atom. The highest BCUT2D eigenvalue weighted by Gasteiger charge is 2.40. The summed E-state index contributed by atoms with van der Waals surface area (Å²) < 4.78 is 15.8. The summed E-state index contributed by atoms with van der Waals surface area (Å²) in [4.78, 5) is 11.8. The molecule has 1 aromatic carbocycles. The fourth-order valence-electron chi connectivity index (χ4n) is 2.84. The Morgan fingerprint density at radius 1 is 1.16 bits per heavy atom. The fourth-order valence-corrected chi connectivity index (χ4v) is 2.84. The third-order valence-corrected chi connectivity index (χ3v) is 3.83. The zero-order chi connectivity index (χ0) is 13.4. The van der Waals surface area contributed by atoms with Gasteiger partial charge < -0.3 is 14.2 Å². The van der Waals surface area contributed by atoms with E-state index >= 15 is 0 Å². The van der Waals surface area contributed by atoms with Crippen molar-refractivity contribution in [3.8, 4) is 11.5 Å². The molecule has 1 aromatic rings. The lowest BCUT2D eigenvalue weighted by Gasteiger charge is -2.37. The van der Waals surface area contributed by atoms with Crippen LogP contribution in [0.4, 0.5) is 0 Å². The van der Waals surface area contributed by atoms with E-state index in [4.69, 9.17) is 14.2 Å². The summed E-state index contributed by atoms with van der Waals surface area (Å²) in [5, 5.41) is 0. The summed E-state index contributed by atoms with van der Waals surface area (Å²) in [6, 6.07) is 5.82. The predicted octanol–water partition coefficient (Wildman–Crippen LogP) is 2.29. The molecule has 0 N–H and O–H groups in total. The Morgan fingerprint density at radius 3 is 2.58 bits per heavy atom. The van der Waals surface area contributed by atoms with Crippen LogP contribution in [0.25, 0.3) is 0 Å². The second-order valence-electron chi connectivity index (χ2n) is 4.84. The van der Waals surface area contributed by atoms with Crippen LogP contribution >= 0.6 is 0 Å². The fraction of sp³-hybridized carbons (Fsp3) is 0.400. The largest absolute Gasteiger partial charge is 0.493 e. The Bertz CT molecular complexity index is 535. The van der Waals surface area contributed by atoms with Crippen molar-refractivity contribution >= 4 is 5.97 Å². The van der Waals surface area contributed by atoms with Gasteiger partial charge in [-0.2, -0.15) is 0 Å². The van der Waals surface area contributed by atoms with Gasteiger partial charge in [0.05, 0.1) is 20.1 Å². The Kier molecular flexibility index (Phi) is 2.93. The summed E-state index contributed by atoms with van der Waals surface area (Å²) in [6.45, 7) is 0. The second kappa shape index (κ2) is 4.61. The maximum atomic E-state index is 11.8. The van der Waals surface area contributed by atoms with Crippen molar-refractivity contribution in [3.63, 3.8) is 0 Å². The highest BCUT2D eigenvalue weighted by Crippen LogP contribution is 2.42. The predicted molar refractivity (Wildman–Crippen MR) is 69.4 cm³/mol. The van der Waals surface area contributed by atoms with Gasteiger partial charge in [-0.3, -0.25) is 4.79 Å². The van der Waals surface area contributed by atoms with Crippen molar-refractivity contribution in [2.45, 2.75) is 18.4 Å². The molecule has 0 saturated carbocycles. The number of methoxy groups -OCH3 is 2. The number of esters is 1. The number of carbonyl (C=O) groups excluding carboxylic acids is 1. The molecule has 1 fully saturated rings. The molecule has 4 rings (SSSR count). The van der Waals surface area contributed by atoms with E-state index < -0.39 is 0 Å². The van der Waals surface area contributed by atoms with Crippen LogP contribution in [0.3, 0.4) is 0 Å². The van der Waals surface area contributed by atoms with Crippen LogP contribution in [0.5, 0.6) is 11.5 Å². The summed E-state index contributed by atoms with van der Waals surface area (Å²) in [5.41, 5.74) is 1.09. The Labute approximate surface area is 112 Å². The molecule has 2 bridgehead atoms. The first kappa shape index (κ1) is 12.1. The minimum absolute atomic E-state index is 0.0874. The van der Waals surface area contributed by atoms with E-state index in [0.29, 0.717) is 11.5 Å². The van der Waals surface area contributed by atoms with Gasteiger partial charge in [0, 0.05) is 5.92 Å². The molecule has 100 valence electrons. The van der Waals surface area contributed by atoms with Gasteiger partial charge in [0.1, 0.15) is 6.10 Å². The summed E-state index contributed by atoms with van der Waals surface area (Å²) in [7, 11) is 3.23. The monoisotopic (exact) mass is 260 g/mol. The van der Waals surface area contributed by atoms with Gasteiger partial charge in [0.2, 0.25) is 0 Å². The van der Waals surface area contributed by atoms with Crippen molar-refractivity contribution in [1.82, 2.24) is 0 Å². The molecule has 4 heteroatoms. The first-order chi connectivity index (χ1) is 9.22. The molecule has 0 radical (unpaired) electrons. The third kappa shape index (κ3) is 1.97. The molecule has 3 aliphatic rings. The maximum Gasteiger partial charge on any atom is 0.314 e. The standard InChI is InChI=1S/C15H16O4/c1-17-13-6-3-9(7-14(13)18-2)12-8-10-4-5-11(12)15(16)19-10/h3-7,10-12H,8H2,1-2H3/t10-,11?,12?/m1/s1. The van der Waals surface area contributed by atoms with Crippen molar-refractivity contribution < 1.29 is 19.0 Å². The van der Waals surface area contributed by atoms with Gasteiger partial charge in [-0.1, -0.05) is 12.1 Å². The molecule has 4 nitrogen and oxygen atoms in total. The highest BCUT2D eigenvalue weighted by atomic mass is 16.5. The van der Waals surface area contributed by atoms with Gasteiger partial charge >= 0.3 is 5.97 Å². The molecular formula is C15H16O4. The summed E-state index contributed by atoms with van der Waals surface area (Å²) in [6.07, 6.45) is 4.68. The quantitative estimate of drug-likeness (QED) is 0.618. The zero-order valence-electron chi connectivity index (χ0n) is 11.0. The maximum absolute atomic E-state index is 11.8. The number of hydrogen-bond acceptors (Lipinski definition) is 4. The number of ether oxygens (including phenoxy) is 3. The average molecular weight is 260 g/mol. The van der Waals surface area contributed by atoms with Crippen LogP contribution in [-0.4, -0.2) is 26.3 Å². The van der Waals surface area contributed by atoms with Crippen LogP contribution in [0.15, 0.2) is 30.4 Å². The lowest BCUT2D eigenvalue weighted by Crippen LogP contribution is -2.38. The number of fused-ring (bicyclic) bond motifs is 2. The van der Waals surface area contributed by atoms with E-state index in [0.717, 1.165) is 12.0 Å². The minimum atomic E-state index is -0.178. The molecule has 1 aliphatic carbocycles. The summed E-state index contributed by atoms with van der Waals surface area (Å²) >= 11 is 0. The lowest BCUT2D eigenvalue weighted by molar-refractivity contribution is -0.158. The Balaban J connectivity index is 1.95. The van der Waals surface area contributed by atoms with Crippen LogP contribution in [0.2, 0.25) is 0 Å². The van der Waals surface area contributed by atoms with Crippen molar-refractivity contribution in [2.75, 3.05) is 14.2 Å². The first-order valence-electron chi connectivity index (χ1n) is 6.33. The highest BCUT2D eigenvalue weighted by molar-refractivity contribution is 5.78.